The minimum Gasteiger partial charge on any atom is -0.505 e. The molecule has 8 nitrogen and oxygen atoms in total. The topological polar surface area (TPSA) is 147 Å². The lowest BCUT2D eigenvalue weighted by atomic mass is 10.1. The number of aromatic hydroxyl groups is 1. The third-order valence-electron chi connectivity index (χ3n) is 4.09. The van der Waals surface area contributed by atoms with Crippen LogP contribution in [-0.4, -0.2) is 38.7 Å². The summed E-state index contributed by atoms with van der Waals surface area (Å²) < 4.78 is 14.5. The van der Waals surface area contributed by atoms with E-state index in [1.807, 2.05) is 6.92 Å². The normalized spacial score (nSPS) is 12.3. The van der Waals surface area contributed by atoms with Crippen molar-refractivity contribution in [3.05, 3.63) is 28.9 Å². The maximum Gasteiger partial charge on any atom is 0.260 e. The van der Waals surface area contributed by atoms with E-state index >= 15 is 0 Å². The molecule has 3 aromatic rings. The van der Waals surface area contributed by atoms with E-state index in [-0.39, 0.29) is 45.8 Å². The van der Waals surface area contributed by atoms with Crippen LogP contribution in [0.15, 0.2) is 18.2 Å². The summed E-state index contributed by atoms with van der Waals surface area (Å²) in [4.78, 5) is 20.7. The lowest BCUT2D eigenvalue weighted by Crippen LogP contribution is -2.24. The fourth-order valence-electron chi connectivity index (χ4n) is 2.63. The molecule has 1 amide bonds. The van der Waals surface area contributed by atoms with Crippen molar-refractivity contribution in [2.24, 2.45) is 5.73 Å². The predicted octanol–water partition coefficient (Wildman–Crippen LogP) is 2.07. The van der Waals surface area contributed by atoms with Gasteiger partial charge in [0.15, 0.2) is 11.6 Å². The number of rotatable bonds is 6. The summed E-state index contributed by atoms with van der Waals surface area (Å²) in [6.45, 7) is 1.73. The van der Waals surface area contributed by atoms with Crippen molar-refractivity contribution in [2.75, 3.05) is 17.7 Å². The van der Waals surface area contributed by atoms with Gasteiger partial charge in [-0.15, -0.1) is 11.3 Å². The number of thiophene rings is 1. The fourth-order valence-corrected chi connectivity index (χ4v) is 3.57. The average molecular weight is 391 g/mol. The standard InChI is InChI=1S/C17H18FN5O3S/c1-2-7(6-24)21-17-22-13(8-4-3-5-9(25)11(8)18)10-12(19)14(15(20)26)27-16(10)23-17/h3-5,7,24-25H,2,6,19H2,1H3,(H2,20,26)(H,21,22,23)/t7-/m0/s1. The summed E-state index contributed by atoms with van der Waals surface area (Å²) >= 11 is 0.969. The number of nitrogens with zero attached hydrogens (tertiary/aromatic N) is 2. The highest BCUT2D eigenvalue weighted by atomic mass is 32.1. The van der Waals surface area contributed by atoms with Gasteiger partial charge in [0.05, 0.1) is 29.4 Å². The minimum atomic E-state index is -0.871. The van der Waals surface area contributed by atoms with Crippen LogP contribution in [-0.2, 0) is 0 Å². The zero-order valence-corrected chi connectivity index (χ0v) is 15.2. The van der Waals surface area contributed by atoms with Crippen molar-refractivity contribution >= 4 is 39.1 Å². The molecule has 0 aliphatic rings. The SMILES string of the molecule is CC[C@@H](CO)Nc1nc(-c2cccc(O)c2F)c2c(N)c(C(N)=O)sc2n1. The summed E-state index contributed by atoms with van der Waals surface area (Å²) in [5.41, 5.74) is 11.6. The van der Waals surface area contributed by atoms with E-state index in [1.54, 1.807) is 0 Å². The van der Waals surface area contributed by atoms with Crippen LogP contribution in [0.25, 0.3) is 21.5 Å². The highest BCUT2D eigenvalue weighted by Gasteiger charge is 2.23. The maximum absolute atomic E-state index is 14.5. The lowest BCUT2D eigenvalue weighted by Gasteiger charge is -2.15. The number of carbonyl (C=O) groups excluding carboxylic acids is 1. The number of aromatic nitrogens is 2. The van der Waals surface area contributed by atoms with Crippen LogP contribution < -0.4 is 16.8 Å². The van der Waals surface area contributed by atoms with Gasteiger partial charge in [0.1, 0.15) is 9.71 Å². The second-order valence-electron chi connectivity index (χ2n) is 5.86. The van der Waals surface area contributed by atoms with Crippen molar-refractivity contribution < 1.29 is 19.4 Å². The molecule has 0 fully saturated rings. The number of halogens is 1. The van der Waals surface area contributed by atoms with E-state index in [2.05, 4.69) is 15.3 Å². The van der Waals surface area contributed by atoms with E-state index in [9.17, 15) is 19.4 Å². The van der Waals surface area contributed by atoms with E-state index < -0.39 is 17.5 Å². The van der Waals surface area contributed by atoms with Gasteiger partial charge in [0, 0.05) is 5.56 Å². The molecule has 3 rings (SSSR count). The number of nitrogens with one attached hydrogen (secondary N) is 1. The zero-order valence-electron chi connectivity index (χ0n) is 14.4. The number of hydrogen-bond donors (Lipinski definition) is 5. The molecule has 0 bridgehead atoms. The van der Waals surface area contributed by atoms with Gasteiger partial charge in [0.2, 0.25) is 5.95 Å². The Kier molecular flexibility index (Phi) is 5.10. The molecule has 0 spiro atoms. The smallest absolute Gasteiger partial charge is 0.260 e. The molecule has 0 aliphatic carbocycles. The number of carbonyl (C=O) groups is 1. The molecule has 142 valence electrons. The molecule has 2 heterocycles. The molecule has 0 saturated carbocycles. The molecule has 10 heteroatoms. The number of benzene rings is 1. The van der Waals surface area contributed by atoms with E-state index in [4.69, 9.17) is 11.5 Å². The number of phenols is 1. The highest BCUT2D eigenvalue weighted by Crippen LogP contribution is 2.40. The van der Waals surface area contributed by atoms with Gasteiger partial charge in [-0.25, -0.2) is 14.4 Å². The van der Waals surface area contributed by atoms with Gasteiger partial charge in [-0.05, 0) is 18.6 Å². The van der Waals surface area contributed by atoms with Crippen LogP contribution in [0.4, 0.5) is 16.0 Å². The first kappa shape index (κ1) is 18.8. The number of aliphatic hydroxyl groups excluding tert-OH is 1. The number of anilines is 2. The van der Waals surface area contributed by atoms with Crippen LogP contribution in [0, 0.1) is 5.82 Å². The summed E-state index contributed by atoms with van der Waals surface area (Å²) in [5.74, 6) is -2.00. The fraction of sp³-hybridized carbons (Fsp3) is 0.235. The van der Waals surface area contributed by atoms with E-state index in [1.165, 1.54) is 18.2 Å². The van der Waals surface area contributed by atoms with Gasteiger partial charge < -0.3 is 27.0 Å². The summed E-state index contributed by atoms with van der Waals surface area (Å²) in [5, 5.41) is 22.4. The number of phenolic OH excluding ortho intramolecular Hbond substituents is 1. The number of hydrogen-bond acceptors (Lipinski definition) is 8. The summed E-state index contributed by atoms with van der Waals surface area (Å²) in [6, 6.07) is 3.80. The van der Waals surface area contributed by atoms with Crippen LogP contribution in [0.2, 0.25) is 0 Å². The largest absolute Gasteiger partial charge is 0.505 e. The number of fused-ring (bicyclic) bond motifs is 1. The molecule has 27 heavy (non-hydrogen) atoms. The average Bonchev–Trinajstić information content (AvgIpc) is 2.98. The number of primary amides is 1. The van der Waals surface area contributed by atoms with E-state index in [0.29, 0.717) is 11.3 Å². The molecule has 0 unspecified atom stereocenters. The minimum absolute atomic E-state index is 0.00279. The molecular formula is C17H18FN5O3S. The Hall–Kier alpha value is -2.98. The quantitative estimate of drug-likeness (QED) is 0.432. The number of aliphatic hydroxyl groups is 1. The second kappa shape index (κ2) is 7.33. The van der Waals surface area contributed by atoms with Crippen LogP contribution in [0.5, 0.6) is 5.75 Å². The van der Waals surface area contributed by atoms with Crippen LogP contribution >= 0.6 is 11.3 Å². The maximum atomic E-state index is 14.5. The lowest BCUT2D eigenvalue weighted by molar-refractivity contribution is 0.100. The Morgan fingerprint density at radius 2 is 2.15 bits per heavy atom. The van der Waals surface area contributed by atoms with Crippen molar-refractivity contribution in [1.29, 1.82) is 0 Å². The second-order valence-corrected chi connectivity index (χ2v) is 6.85. The zero-order chi connectivity index (χ0) is 19.7. The Labute approximate surface area is 157 Å². The first-order valence-corrected chi connectivity index (χ1v) is 8.94. The first-order chi connectivity index (χ1) is 12.9. The Balaban J connectivity index is 2.31. The van der Waals surface area contributed by atoms with Crippen molar-refractivity contribution in [3.8, 4) is 17.0 Å². The van der Waals surface area contributed by atoms with Crippen LogP contribution in [0.3, 0.4) is 0 Å². The molecule has 0 saturated heterocycles. The van der Waals surface area contributed by atoms with Gasteiger partial charge in [-0.3, -0.25) is 4.79 Å². The third kappa shape index (κ3) is 3.36. The first-order valence-electron chi connectivity index (χ1n) is 8.12. The molecule has 0 radical (unpaired) electrons. The Morgan fingerprint density at radius 1 is 1.41 bits per heavy atom. The van der Waals surface area contributed by atoms with E-state index in [0.717, 1.165) is 11.3 Å². The molecule has 7 N–H and O–H groups in total. The summed E-state index contributed by atoms with van der Waals surface area (Å²) in [7, 11) is 0. The number of amides is 1. The number of nitrogen functional groups attached to an aromatic ring is 1. The van der Waals surface area contributed by atoms with Crippen LogP contribution in [0.1, 0.15) is 23.0 Å². The molecular weight excluding hydrogens is 373 g/mol. The molecule has 1 atom stereocenters. The monoisotopic (exact) mass is 391 g/mol. The molecule has 1 aromatic carbocycles. The predicted molar refractivity (Wildman–Crippen MR) is 102 cm³/mol. The van der Waals surface area contributed by atoms with Crippen molar-refractivity contribution in [2.45, 2.75) is 19.4 Å². The Morgan fingerprint density at radius 3 is 2.78 bits per heavy atom. The van der Waals surface area contributed by atoms with Gasteiger partial charge in [-0.2, -0.15) is 0 Å². The Bertz CT molecular complexity index is 1020. The van der Waals surface area contributed by atoms with Gasteiger partial charge >= 0.3 is 0 Å². The van der Waals surface area contributed by atoms with Gasteiger partial charge in [-0.1, -0.05) is 13.0 Å². The van der Waals surface area contributed by atoms with Gasteiger partial charge in [0.25, 0.3) is 5.91 Å². The third-order valence-corrected chi connectivity index (χ3v) is 5.21. The van der Waals surface area contributed by atoms with Crippen molar-refractivity contribution in [3.63, 3.8) is 0 Å². The number of nitrogens with two attached hydrogens (primary N) is 2. The molecule has 0 aliphatic heterocycles. The van der Waals surface area contributed by atoms with Crippen molar-refractivity contribution in [1.82, 2.24) is 9.97 Å². The molecule has 2 aromatic heterocycles. The summed E-state index contributed by atoms with van der Waals surface area (Å²) in [6.07, 6.45) is 0.604. The highest BCUT2D eigenvalue weighted by molar-refractivity contribution is 7.21.